The molecule has 0 spiro atoms. The zero-order chi connectivity index (χ0) is 21.0. The summed E-state index contributed by atoms with van der Waals surface area (Å²) in [6.07, 6.45) is 1.41. The predicted octanol–water partition coefficient (Wildman–Crippen LogP) is 5.04. The lowest BCUT2D eigenvalue weighted by Gasteiger charge is -2.09. The van der Waals surface area contributed by atoms with Crippen molar-refractivity contribution in [3.05, 3.63) is 75.5 Å². The van der Waals surface area contributed by atoms with Gasteiger partial charge in [-0.15, -0.1) is 0 Å². The van der Waals surface area contributed by atoms with Gasteiger partial charge in [-0.05, 0) is 37.3 Å². The second-order valence-electron chi connectivity index (χ2n) is 5.98. The predicted molar refractivity (Wildman–Crippen MR) is 114 cm³/mol. The second-order valence-corrected chi connectivity index (χ2v) is 6.74. The minimum Gasteiger partial charge on any atom is -0.495 e. The SMILES string of the molecule is COc1ccccc1NC(=O)/C(C#N)=C/c1c(C)nn(-c2ccccc2Cl)c1Cl. The van der Waals surface area contributed by atoms with Gasteiger partial charge in [0.1, 0.15) is 22.5 Å². The zero-order valence-electron chi connectivity index (χ0n) is 15.6. The van der Waals surface area contributed by atoms with E-state index in [2.05, 4.69) is 10.4 Å². The minimum atomic E-state index is -0.585. The van der Waals surface area contributed by atoms with E-state index >= 15 is 0 Å². The van der Waals surface area contributed by atoms with Crippen LogP contribution in [-0.2, 0) is 4.79 Å². The number of benzene rings is 2. The van der Waals surface area contributed by atoms with E-state index in [4.69, 9.17) is 27.9 Å². The number of anilines is 1. The number of nitrogens with one attached hydrogen (secondary N) is 1. The molecule has 146 valence electrons. The molecule has 0 radical (unpaired) electrons. The molecule has 0 saturated carbocycles. The number of hydrogen-bond acceptors (Lipinski definition) is 4. The molecule has 0 aliphatic rings. The minimum absolute atomic E-state index is 0.125. The Morgan fingerprint density at radius 3 is 2.59 bits per heavy atom. The fraction of sp³-hybridized carbons (Fsp3) is 0.0952. The highest BCUT2D eigenvalue weighted by Crippen LogP contribution is 2.29. The van der Waals surface area contributed by atoms with Crippen LogP contribution in [0.15, 0.2) is 54.1 Å². The summed E-state index contributed by atoms with van der Waals surface area (Å²) < 4.78 is 6.69. The number of nitrogens with zero attached hydrogens (tertiary/aromatic N) is 3. The largest absolute Gasteiger partial charge is 0.495 e. The number of nitriles is 1. The van der Waals surface area contributed by atoms with Gasteiger partial charge in [0, 0.05) is 5.56 Å². The molecule has 1 heterocycles. The van der Waals surface area contributed by atoms with Crippen LogP contribution in [0.3, 0.4) is 0 Å². The highest BCUT2D eigenvalue weighted by Gasteiger charge is 2.18. The molecule has 0 fully saturated rings. The highest BCUT2D eigenvalue weighted by molar-refractivity contribution is 6.33. The monoisotopic (exact) mass is 426 g/mol. The number of para-hydroxylation sites is 3. The molecule has 2 aromatic carbocycles. The van der Waals surface area contributed by atoms with Crippen LogP contribution in [0.5, 0.6) is 5.75 Å². The lowest BCUT2D eigenvalue weighted by Crippen LogP contribution is -2.14. The maximum absolute atomic E-state index is 12.6. The van der Waals surface area contributed by atoms with Gasteiger partial charge in [-0.25, -0.2) is 4.68 Å². The number of ether oxygens (including phenoxy) is 1. The number of carbonyl (C=O) groups excluding carboxylic acids is 1. The summed E-state index contributed by atoms with van der Waals surface area (Å²) in [5.74, 6) is -0.100. The maximum atomic E-state index is 12.6. The summed E-state index contributed by atoms with van der Waals surface area (Å²) in [5, 5.41) is 17.3. The number of halogens is 2. The Bertz CT molecular complexity index is 1150. The van der Waals surface area contributed by atoms with E-state index in [9.17, 15) is 10.1 Å². The first kappa shape index (κ1) is 20.5. The first-order valence-electron chi connectivity index (χ1n) is 8.52. The molecule has 8 heteroatoms. The van der Waals surface area contributed by atoms with Crippen LogP contribution in [0.2, 0.25) is 10.2 Å². The van der Waals surface area contributed by atoms with Crippen LogP contribution in [0.4, 0.5) is 5.69 Å². The molecule has 0 atom stereocenters. The first-order chi connectivity index (χ1) is 14.0. The second kappa shape index (κ2) is 8.82. The van der Waals surface area contributed by atoms with Crippen LogP contribution in [0.25, 0.3) is 11.8 Å². The standard InChI is InChI=1S/C21H16Cl2N4O2/c1-13-15(20(23)27(26-13)18-9-5-3-7-16(18)22)11-14(12-24)21(28)25-17-8-4-6-10-19(17)29-2/h3-11H,1-2H3,(H,25,28)/b14-11+. The van der Waals surface area contributed by atoms with Gasteiger partial charge in [-0.2, -0.15) is 10.4 Å². The van der Waals surface area contributed by atoms with Crippen molar-refractivity contribution in [2.75, 3.05) is 12.4 Å². The van der Waals surface area contributed by atoms with Crippen molar-refractivity contribution < 1.29 is 9.53 Å². The molecule has 0 aliphatic carbocycles. The number of rotatable bonds is 5. The molecule has 1 aromatic heterocycles. The fourth-order valence-corrected chi connectivity index (χ4v) is 3.22. The number of aryl methyl sites for hydroxylation is 1. The Labute approximate surface area is 177 Å². The average Bonchev–Trinajstić information content (AvgIpc) is 3.00. The van der Waals surface area contributed by atoms with Crippen molar-refractivity contribution >= 4 is 40.9 Å². The Morgan fingerprint density at radius 1 is 1.21 bits per heavy atom. The number of carbonyl (C=O) groups is 1. The van der Waals surface area contributed by atoms with E-state index in [-0.39, 0.29) is 10.7 Å². The number of methoxy groups -OCH3 is 1. The number of hydrogen-bond donors (Lipinski definition) is 1. The summed E-state index contributed by atoms with van der Waals surface area (Å²) in [5.41, 5.74) is 1.93. The Balaban J connectivity index is 1.97. The van der Waals surface area contributed by atoms with E-state index in [1.165, 1.54) is 17.9 Å². The summed E-state index contributed by atoms with van der Waals surface area (Å²) in [6.45, 7) is 1.73. The summed E-state index contributed by atoms with van der Waals surface area (Å²) in [4.78, 5) is 12.6. The Hall–Kier alpha value is -3.27. The third kappa shape index (κ3) is 4.27. The van der Waals surface area contributed by atoms with Gasteiger partial charge >= 0.3 is 0 Å². The van der Waals surface area contributed by atoms with Crippen molar-refractivity contribution in [3.63, 3.8) is 0 Å². The molecular weight excluding hydrogens is 411 g/mol. The van der Waals surface area contributed by atoms with Crippen molar-refractivity contribution in [3.8, 4) is 17.5 Å². The molecule has 6 nitrogen and oxygen atoms in total. The van der Waals surface area contributed by atoms with Crippen molar-refractivity contribution in [1.82, 2.24) is 9.78 Å². The van der Waals surface area contributed by atoms with Gasteiger partial charge in [0.15, 0.2) is 0 Å². The normalized spacial score (nSPS) is 11.1. The molecule has 0 unspecified atom stereocenters. The van der Waals surface area contributed by atoms with E-state index in [0.717, 1.165) is 0 Å². The molecule has 0 bridgehead atoms. The van der Waals surface area contributed by atoms with Gasteiger partial charge < -0.3 is 10.1 Å². The van der Waals surface area contributed by atoms with Crippen LogP contribution >= 0.6 is 23.2 Å². The van der Waals surface area contributed by atoms with E-state index < -0.39 is 5.91 Å². The average molecular weight is 427 g/mol. The van der Waals surface area contributed by atoms with Crippen molar-refractivity contribution in [2.24, 2.45) is 0 Å². The van der Waals surface area contributed by atoms with Crippen molar-refractivity contribution in [1.29, 1.82) is 5.26 Å². The van der Waals surface area contributed by atoms with E-state index in [1.54, 1.807) is 49.4 Å². The summed E-state index contributed by atoms with van der Waals surface area (Å²) in [7, 11) is 1.50. The quantitative estimate of drug-likeness (QED) is 0.457. The smallest absolute Gasteiger partial charge is 0.266 e. The lowest BCUT2D eigenvalue weighted by molar-refractivity contribution is -0.112. The zero-order valence-corrected chi connectivity index (χ0v) is 17.1. The van der Waals surface area contributed by atoms with Crippen LogP contribution in [0, 0.1) is 18.3 Å². The van der Waals surface area contributed by atoms with Gasteiger partial charge in [-0.1, -0.05) is 47.5 Å². The van der Waals surface area contributed by atoms with Crippen molar-refractivity contribution in [2.45, 2.75) is 6.92 Å². The molecular formula is C21H16Cl2N4O2. The number of amides is 1. The molecule has 29 heavy (non-hydrogen) atoms. The highest BCUT2D eigenvalue weighted by atomic mass is 35.5. The fourth-order valence-electron chi connectivity index (χ4n) is 2.69. The van der Waals surface area contributed by atoms with E-state index in [1.807, 2.05) is 12.1 Å². The summed E-state index contributed by atoms with van der Waals surface area (Å²) >= 11 is 12.7. The molecule has 3 aromatic rings. The first-order valence-corrected chi connectivity index (χ1v) is 9.28. The topological polar surface area (TPSA) is 79.9 Å². The molecule has 1 N–H and O–H groups in total. The molecule has 0 aliphatic heterocycles. The molecule has 3 rings (SSSR count). The maximum Gasteiger partial charge on any atom is 0.266 e. The van der Waals surface area contributed by atoms with Crippen LogP contribution < -0.4 is 10.1 Å². The Morgan fingerprint density at radius 2 is 1.90 bits per heavy atom. The third-order valence-corrected chi connectivity index (χ3v) is 4.82. The molecule has 1 amide bonds. The van der Waals surface area contributed by atoms with Gasteiger partial charge in [0.25, 0.3) is 5.91 Å². The van der Waals surface area contributed by atoms with E-state index in [0.29, 0.717) is 33.4 Å². The number of aromatic nitrogens is 2. The third-order valence-electron chi connectivity index (χ3n) is 4.14. The Kier molecular flexibility index (Phi) is 6.23. The lowest BCUT2D eigenvalue weighted by atomic mass is 10.1. The van der Waals surface area contributed by atoms with Crippen LogP contribution in [0.1, 0.15) is 11.3 Å². The van der Waals surface area contributed by atoms with Crippen LogP contribution in [-0.4, -0.2) is 22.8 Å². The molecule has 0 saturated heterocycles. The van der Waals surface area contributed by atoms with Gasteiger partial charge in [-0.3, -0.25) is 4.79 Å². The summed E-state index contributed by atoms with van der Waals surface area (Å²) in [6, 6.07) is 15.9. The van der Waals surface area contributed by atoms with Gasteiger partial charge in [0.05, 0.1) is 29.2 Å². The van der Waals surface area contributed by atoms with Gasteiger partial charge in [0.2, 0.25) is 0 Å².